The molecule has 0 spiro atoms. The molecule has 0 saturated carbocycles. The molecule has 0 aromatic heterocycles. The number of hydrogen-bond acceptors (Lipinski definition) is 5. The monoisotopic (exact) mass is 413 g/mol. The van der Waals surface area contributed by atoms with E-state index in [0.29, 0.717) is 0 Å². The number of allylic oxidation sites excluding steroid dienone is 2. The van der Waals surface area contributed by atoms with E-state index in [1.807, 2.05) is 6.07 Å². The third-order valence-electron chi connectivity index (χ3n) is 5.50. The number of nitrogens with zero attached hydrogens (tertiary/aromatic N) is 1. The van der Waals surface area contributed by atoms with Crippen molar-refractivity contribution in [3.8, 4) is 0 Å². The van der Waals surface area contributed by atoms with Crippen molar-refractivity contribution in [2.45, 2.75) is 43.2 Å². The Labute approximate surface area is 170 Å². The molecule has 0 amide bonds. The number of non-ortho nitro benzene ring substituents is 1. The van der Waals surface area contributed by atoms with Crippen molar-refractivity contribution in [2.75, 3.05) is 5.32 Å². The molecule has 3 atom stereocenters. The van der Waals surface area contributed by atoms with Crippen LogP contribution < -0.4 is 10.0 Å². The number of nitro benzene ring substituents is 1. The van der Waals surface area contributed by atoms with Crippen LogP contribution in [0.25, 0.3) is 0 Å². The number of nitro groups is 1. The first-order valence-corrected chi connectivity index (χ1v) is 11.1. The van der Waals surface area contributed by atoms with Gasteiger partial charge in [-0.25, -0.2) is 13.1 Å². The minimum Gasteiger partial charge on any atom is -0.378 e. The normalized spacial score (nSPS) is 22.8. The molecule has 2 aromatic rings. The fraction of sp³-hybridized carbons (Fsp3) is 0.333. The Balaban J connectivity index is 1.70. The number of rotatable bonds is 5. The molecule has 2 aliphatic rings. The van der Waals surface area contributed by atoms with Gasteiger partial charge >= 0.3 is 0 Å². The van der Waals surface area contributed by atoms with E-state index in [2.05, 4.69) is 22.2 Å². The lowest BCUT2D eigenvalue weighted by Gasteiger charge is -2.37. The Morgan fingerprint density at radius 3 is 2.55 bits per heavy atom. The number of fused-ring (bicyclic) bond motifs is 3. The summed E-state index contributed by atoms with van der Waals surface area (Å²) in [5.41, 5.74) is 2.91. The molecule has 7 nitrogen and oxygen atoms in total. The molecule has 3 unspecified atom stereocenters. The zero-order valence-electron chi connectivity index (χ0n) is 16.2. The highest BCUT2D eigenvalue weighted by Crippen LogP contribution is 2.50. The maximum absolute atomic E-state index is 12.6. The zero-order valence-corrected chi connectivity index (χ0v) is 17.0. The Bertz CT molecular complexity index is 1080. The standard InChI is InChI=1S/C21H23N3O4S/c1-13(2)23-29(27,28)16-10-11-20-19(12-16)17-4-3-5-18(17)21(22-20)14-6-8-15(9-7-14)24(25)26/h3-4,6-13,17-18,21-23H,5H2,1-2H3. The molecular formula is C21H23N3O4S. The number of sulfonamides is 1. The summed E-state index contributed by atoms with van der Waals surface area (Å²) >= 11 is 0. The lowest BCUT2D eigenvalue weighted by Crippen LogP contribution is -2.31. The van der Waals surface area contributed by atoms with Crippen LogP contribution in [-0.2, 0) is 10.0 Å². The van der Waals surface area contributed by atoms with Gasteiger partial charge in [-0.15, -0.1) is 0 Å². The number of hydrogen-bond donors (Lipinski definition) is 2. The van der Waals surface area contributed by atoms with Crippen molar-refractivity contribution in [2.24, 2.45) is 5.92 Å². The summed E-state index contributed by atoms with van der Waals surface area (Å²) in [5, 5.41) is 14.5. The van der Waals surface area contributed by atoms with E-state index in [-0.39, 0.29) is 34.5 Å². The second-order valence-electron chi connectivity index (χ2n) is 7.85. The van der Waals surface area contributed by atoms with Crippen LogP contribution in [0.5, 0.6) is 0 Å². The van der Waals surface area contributed by atoms with Crippen LogP contribution in [0.1, 0.15) is 43.4 Å². The van der Waals surface area contributed by atoms with Crippen molar-refractivity contribution >= 4 is 21.4 Å². The van der Waals surface area contributed by atoms with Gasteiger partial charge < -0.3 is 5.32 Å². The molecule has 0 fully saturated rings. The van der Waals surface area contributed by atoms with Crippen LogP contribution in [0.4, 0.5) is 11.4 Å². The van der Waals surface area contributed by atoms with Gasteiger partial charge in [-0.3, -0.25) is 10.1 Å². The first kappa shape index (κ1) is 19.6. The van der Waals surface area contributed by atoms with E-state index < -0.39 is 14.9 Å². The van der Waals surface area contributed by atoms with Crippen molar-refractivity contribution in [1.29, 1.82) is 0 Å². The fourth-order valence-electron chi connectivity index (χ4n) is 4.25. The molecule has 8 heteroatoms. The van der Waals surface area contributed by atoms with Gasteiger partial charge in [0.1, 0.15) is 0 Å². The van der Waals surface area contributed by atoms with Gasteiger partial charge in [0.15, 0.2) is 0 Å². The molecular weight excluding hydrogens is 390 g/mol. The molecule has 1 aliphatic carbocycles. The Kier molecular flexibility index (Phi) is 4.92. The van der Waals surface area contributed by atoms with Gasteiger partial charge in [-0.2, -0.15) is 0 Å². The summed E-state index contributed by atoms with van der Waals surface area (Å²) < 4.78 is 27.8. The van der Waals surface area contributed by atoms with Gasteiger partial charge in [-0.1, -0.05) is 24.3 Å². The van der Waals surface area contributed by atoms with Crippen LogP contribution in [0.3, 0.4) is 0 Å². The third-order valence-corrected chi connectivity index (χ3v) is 7.15. The summed E-state index contributed by atoms with van der Waals surface area (Å²) in [6, 6.07) is 11.6. The van der Waals surface area contributed by atoms with Crippen LogP contribution in [0, 0.1) is 16.0 Å². The topological polar surface area (TPSA) is 101 Å². The van der Waals surface area contributed by atoms with Crippen LogP contribution >= 0.6 is 0 Å². The van der Waals surface area contributed by atoms with Crippen LogP contribution in [0.15, 0.2) is 59.5 Å². The second kappa shape index (κ2) is 7.27. The fourth-order valence-corrected chi connectivity index (χ4v) is 5.54. The molecule has 0 saturated heterocycles. The molecule has 0 bridgehead atoms. The highest BCUT2D eigenvalue weighted by molar-refractivity contribution is 7.89. The number of nitrogens with one attached hydrogen (secondary N) is 2. The summed E-state index contributed by atoms with van der Waals surface area (Å²) in [4.78, 5) is 10.8. The molecule has 2 aromatic carbocycles. The Morgan fingerprint density at radius 1 is 1.17 bits per heavy atom. The van der Waals surface area contributed by atoms with E-state index in [9.17, 15) is 18.5 Å². The minimum absolute atomic E-state index is 0.000416. The van der Waals surface area contributed by atoms with Crippen LogP contribution in [-0.4, -0.2) is 19.4 Å². The SMILES string of the molecule is CC(C)NS(=O)(=O)c1ccc2c(c1)C1C=CCC1C(c1ccc([N+](=O)[O-])cc1)N2. The summed E-state index contributed by atoms with van der Waals surface area (Å²) in [5.74, 6) is 0.320. The first-order valence-electron chi connectivity index (χ1n) is 9.60. The number of benzene rings is 2. The maximum Gasteiger partial charge on any atom is 0.269 e. The average Bonchev–Trinajstić information content (AvgIpc) is 3.16. The molecule has 29 heavy (non-hydrogen) atoms. The maximum atomic E-state index is 12.6. The molecule has 1 aliphatic heterocycles. The number of anilines is 1. The smallest absolute Gasteiger partial charge is 0.269 e. The van der Waals surface area contributed by atoms with Crippen molar-refractivity contribution in [3.05, 3.63) is 75.9 Å². The van der Waals surface area contributed by atoms with Crippen molar-refractivity contribution in [3.63, 3.8) is 0 Å². The highest BCUT2D eigenvalue weighted by Gasteiger charge is 2.38. The predicted octanol–water partition coefficient (Wildman–Crippen LogP) is 4.11. The Morgan fingerprint density at radius 2 is 1.90 bits per heavy atom. The summed E-state index contributed by atoms with van der Waals surface area (Å²) in [6.07, 6.45) is 5.12. The first-order chi connectivity index (χ1) is 13.8. The molecule has 152 valence electrons. The molecule has 2 N–H and O–H groups in total. The predicted molar refractivity (Wildman–Crippen MR) is 111 cm³/mol. The van der Waals surface area contributed by atoms with Crippen molar-refractivity contribution < 1.29 is 13.3 Å². The third kappa shape index (κ3) is 3.65. The second-order valence-corrected chi connectivity index (χ2v) is 9.56. The van der Waals surface area contributed by atoms with E-state index >= 15 is 0 Å². The van der Waals surface area contributed by atoms with Gasteiger partial charge in [0.25, 0.3) is 5.69 Å². The molecule has 1 heterocycles. The summed E-state index contributed by atoms with van der Waals surface area (Å²) in [6.45, 7) is 3.59. The van der Waals surface area contributed by atoms with Crippen molar-refractivity contribution in [1.82, 2.24) is 4.72 Å². The molecule has 0 radical (unpaired) electrons. The van der Waals surface area contributed by atoms with E-state index in [1.165, 1.54) is 12.1 Å². The quantitative estimate of drug-likeness (QED) is 0.436. The Hall–Kier alpha value is -2.71. The van der Waals surface area contributed by atoms with Gasteiger partial charge in [0.05, 0.1) is 15.9 Å². The highest BCUT2D eigenvalue weighted by atomic mass is 32.2. The van der Waals surface area contributed by atoms with Gasteiger partial charge in [-0.05, 0) is 55.5 Å². The lowest BCUT2D eigenvalue weighted by molar-refractivity contribution is -0.384. The van der Waals surface area contributed by atoms with E-state index in [1.54, 1.807) is 38.1 Å². The summed E-state index contributed by atoms with van der Waals surface area (Å²) in [7, 11) is -3.57. The van der Waals surface area contributed by atoms with E-state index in [0.717, 1.165) is 23.2 Å². The minimum atomic E-state index is -3.57. The van der Waals surface area contributed by atoms with Gasteiger partial charge in [0, 0.05) is 29.8 Å². The average molecular weight is 413 g/mol. The lowest BCUT2D eigenvalue weighted by atomic mass is 9.77. The molecule has 4 rings (SSSR count). The zero-order chi connectivity index (χ0) is 20.8. The largest absolute Gasteiger partial charge is 0.378 e. The van der Waals surface area contributed by atoms with Crippen LogP contribution in [0.2, 0.25) is 0 Å². The van der Waals surface area contributed by atoms with Gasteiger partial charge in [0.2, 0.25) is 10.0 Å². The van der Waals surface area contributed by atoms with E-state index in [4.69, 9.17) is 0 Å².